The first-order valence-corrected chi connectivity index (χ1v) is 8.98. The third-order valence-corrected chi connectivity index (χ3v) is 4.92. The van der Waals surface area contributed by atoms with Gasteiger partial charge in [-0.3, -0.25) is 20.0 Å². The van der Waals surface area contributed by atoms with E-state index in [1.807, 2.05) is 6.07 Å². The Hall–Kier alpha value is -2.91. The summed E-state index contributed by atoms with van der Waals surface area (Å²) >= 11 is 6.31. The lowest BCUT2D eigenvalue weighted by atomic mass is 10.2. The molecule has 0 spiro atoms. The van der Waals surface area contributed by atoms with E-state index in [9.17, 15) is 9.59 Å². The van der Waals surface area contributed by atoms with E-state index in [1.165, 1.54) is 20.3 Å². The number of aromatic nitrogens is 1. The Bertz CT molecular complexity index is 931. The molecule has 0 radical (unpaired) electrons. The Kier molecular flexibility index (Phi) is 5.72. The van der Waals surface area contributed by atoms with Crippen molar-refractivity contribution in [1.82, 2.24) is 15.4 Å². The fourth-order valence-electron chi connectivity index (χ4n) is 2.30. The van der Waals surface area contributed by atoms with E-state index in [0.717, 1.165) is 16.8 Å². The van der Waals surface area contributed by atoms with Crippen LogP contribution in [0.5, 0.6) is 11.5 Å². The molecule has 1 saturated heterocycles. The van der Waals surface area contributed by atoms with E-state index in [1.54, 1.807) is 36.5 Å². The van der Waals surface area contributed by atoms with Gasteiger partial charge < -0.3 is 9.47 Å². The van der Waals surface area contributed by atoms with Gasteiger partial charge in [0.2, 0.25) is 0 Å². The van der Waals surface area contributed by atoms with Gasteiger partial charge in [0.05, 0.1) is 24.8 Å². The minimum absolute atomic E-state index is 0.232. The summed E-state index contributed by atoms with van der Waals surface area (Å²) in [6.07, 6.45) is 3.26. The summed E-state index contributed by atoms with van der Waals surface area (Å²) in [6.45, 7) is 0. The highest BCUT2D eigenvalue weighted by atomic mass is 32.2. The van der Waals surface area contributed by atoms with Gasteiger partial charge in [0.25, 0.3) is 11.8 Å². The monoisotopic (exact) mass is 401 g/mol. The van der Waals surface area contributed by atoms with Gasteiger partial charge in [-0.15, -0.1) is 0 Å². The molecule has 0 bridgehead atoms. The molecule has 2 heterocycles. The molecule has 27 heavy (non-hydrogen) atoms. The number of hydrogen-bond donors (Lipinski definition) is 1. The Balaban J connectivity index is 1.77. The smallest absolute Gasteiger partial charge is 0.285 e. The number of hydrogen-bond acceptors (Lipinski definition) is 7. The average Bonchev–Trinajstić information content (AvgIpc) is 2.95. The molecule has 1 fully saturated rings. The van der Waals surface area contributed by atoms with Crippen LogP contribution in [0.1, 0.15) is 16.1 Å². The van der Waals surface area contributed by atoms with Crippen molar-refractivity contribution in [3.8, 4) is 11.5 Å². The fraction of sp³-hybridized carbons (Fsp3) is 0.111. The number of amides is 2. The largest absolute Gasteiger partial charge is 0.493 e. The predicted molar refractivity (Wildman–Crippen MR) is 106 cm³/mol. The maximum Gasteiger partial charge on any atom is 0.285 e. The molecule has 1 N–H and O–H groups in total. The van der Waals surface area contributed by atoms with Gasteiger partial charge in [0, 0.05) is 11.8 Å². The Morgan fingerprint density at radius 1 is 1.22 bits per heavy atom. The molecule has 1 aromatic carbocycles. The Morgan fingerprint density at radius 3 is 2.67 bits per heavy atom. The molecule has 2 amide bonds. The van der Waals surface area contributed by atoms with Crippen LogP contribution in [-0.4, -0.2) is 40.3 Å². The van der Waals surface area contributed by atoms with Gasteiger partial charge in [0.15, 0.2) is 15.8 Å². The van der Waals surface area contributed by atoms with Gasteiger partial charge in [-0.2, -0.15) is 5.01 Å². The number of thioether (sulfide) groups is 1. The lowest BCUT2D eigenvalue weighted by molar-refractivity contribution is -0.123. The third kappa shape index (κ3) is 4.09. The summed E-state index contributed by atoms with van der Waals surface area (Å²) < 4.78 is 10.6. The highest BCUT2D eigenvalue weighted by Gasteiger charge is 2.34. The van der Waals surface area contributed by atoms with Crippen molar-refractivity contribution >= 4 is 46.2 Å². The Labute approximate surface area is 165 Å². The molecule has 1 aliphatic rings. The molecule has 0 atom stereocenters. The fourth-order valence-corrected chi connectivity index (χ4v) is 3.47. The summed E-state index contributed by atoms with van der Waals surface area (Å²) in [4.78, 5) is 29.6. The molecule has 9 heteroatoms. The predicted octanol–water partition coefficient (Wildman–Crippen LogP) is 2.65. The van der Waals surface area contributed by atoms with E-state index in [-0.39, 0.29) is 4.32 Å². The molecule has 0 saturated carbocycles. The van der Waals surface area contributed by atoms with E-state index >= 15 is 0 Å². The third-order valence-electron chi connectivity index (χ3n) is 3.62. The molecule has 1 aliphatic heterocycles. The van der Waals surface area contributed by atoms with Crippen LogP contribution in [0, 0.1) is 0 Å². The van der Waals surface area contributed by atoms with E-state index in [2.05, 4.69) is 10.4 Å². The number of carbonyl (C=O) groups excluding carboxylic acids is 2. The van der Waals surface area contributed by atoms with Gasteiger partial charge in [0.1, 0.15) is 0 Å². The zero-order valence-corrected chi connectivity index (χ0v) is 16.1. The van der Waals surface area contributed by atoms with Crippen LogP contribution in [0.3, 0.4) is 0 Å². The minimum atomic E-state index is -0.494. The number of pyridine rings is 1. The van der Waals surface area contributed by atoms with E-state index < -0.39 is 11.8 Å². The number of nitrogens with zero attached hydrogens (tertiary/aromatic N) is 2. The second-order valence-electron chi connectivity index (χ2n) is 5.28. The number of ether oxygens (including phenoxy) is 2. The standard InChI is InChI=1S/C18H15N3O4S2/c1-24-13-7-6-11(9-14(13)25-2)16(22)20-21-17(23)15(27-18(21)26)10-12-5-3-4-8-19-12/h3-10H,1-2H3,(H,20,22)/b15-10+. The lowest BCUT2D eigenvalue weighted by Crippen LogP contribution is -2.44. The molecular weight excluding hydrogens is 386 g/mol. The zero-order valence-electron chi connectivity index (χ0n) is 14.5. The summed E-state index contributed by atoms with van der Waals surface area (Å²) in [5.41, 5.74) is 3.45. The molecule has 1 aromatic heterocycles. The van der Waals surface area contributed by atoms with Crippen LogP contribution in [0.25, 0.3) is 6.08 Å². The maximum atomic E-state index is 12.6. The van der Waals surface area contributed by atoms with Gasteiger partial charge in [-0.05, 0) is 48.6 Å². The molecular formula is C18H15N3O4S2. The van der Waals surface area contributed by atoms with Crippen molar-refractivity contribution in [3.63, 3.8) is 0 Å². The summed E-state index contributed by atoms with van der Waals surface area (Å²) in [7, 11) is 2.98. The van der Waals surface area contributed by atoms with Crippen LogP contribution >= 0.6 is 24.0 Å². The van der Waals surface area contributed by atoms with E-state index in [0.29, 0.717) is 27.7 Å². The number of nitrogens with one attached hydrogen (secondary N) is 1. The number of carbonyl (C=O) groups is 2. The lowest BCUT2D eigenvalue weighted by Gasteiger charge is -2.16. The van der Waals surface area contributed by atoms with Gasteiger partial charge in [-0.1, -0.05) is 17.8 Å². The van der Waals surface area contributed by atoms with Gasteiger partial charge >= 0.3 is 0 Å². The number of rotatable bonds is 5. The summed E-state index contributed by atoms with van der Waals surface area (Å²) in [5, 5.41) is 1.05. The van der Waals surface area contributed by atoms with Crippen LogP contribution in [0.15, 0.2) is 47.5 Å². The average molecular weight is 401 g/mol. The molecule has 0 aliphatic carbocycles. The second kappa shape index (κ2) is 8.19. The van der Waals surface area contributed by atoms with E-state index in [4.69, 9.17) is 21.7 Å². The van der Waals surface area contributed by atoms with Crippen molar-refractivity contribution < 1.29 is 19.1 Å². The summed E-state index contributed by atoms with van der Waals surface area (Å²) in [6, 6.07) is 10.1. The first-order chi connectivity index (χ1) is 13.0. The molecule has 2 aromatic rings. The normalized spacial score (nSPS) is 15.2. The molecule has 7 nitrogen and oxygen atoms in total. The molecule has 3 rings (SSSR count). The van der Waals surface area contributed by atoms with Crippen molar-refractivity contribution in [1.29, 1.82) is 0 Å². The highest BCUT2D eigenvalue weighted by Crippen LogP contribution is 2.31. The number of methoxy groups -OCH3 is 2. The zero-order chi connectivity index (χ0) is 19.4. The maximum absolute atomic E-state index is 12.6. The van der Waals surface area contributed by atoms with Crippen LogP contribution < -0.4 is 14.9 Å². The quantitative estimate of drug-likeness (QED) is 0.609. The minimum Gasteiger partial charge on any atom is -0.493 e. The van der Waals surface area contributed by atoms with Crippen molar-refractivity contribution in [2.45, 2.75) is 0 Å². The van der Waals surface area contributed by atoms with Crippen LogP contribution in [-0.2, 0) is 4.79 Å². The first-order valence-electron chi connectivity index (χ1n) is 7.75. The highest BCUT2D eigenvalue weighted by molar-refractivity contribution is 8.26. The van der Waals surface area contributed by atoms with Gasteiger partial charge in [-0.25, -0.2) is 0 Å². The van der Waals surface area contributed by atoms with Crippen LogP contribution in [0.4, 0.5) is 0 Å². The Morgan fingerprint density at radius 2 is 2.00 bits per heavy atom. The van der Waals surface area contributed by atoms with Crippen LogP contribution in [0.2, 0.25) is 0 Å². The topological polar surface area (TPSA) is 80.8 Å². The number of thiocarbonyl (C=S) groups is 1. The van der Waals surface area contributed by atoms with Crippen molar-refractivity contribution in [2.75, 3.05) is 14.2 Å². The molecule has 0 unspecified atom stereocenters. The summed E-state index contributed by atoms with van der Waals surface area (Å²) in [5.74, 6) is -0.000591. The van der Waals surface area contributed by atoms with Crippen molar-refractivity contribution in [2.24, 2.45) is 0 Å². The van der Waals surface area contributed by atoms with Crippen molar-refractivity contribution in [3.05, 3.63) is 58.8 Å². The number of hydrazine groups is 1. The first kappa shape index (κ1) is 18.9. The number of benzene rings is 1. The second-order valence-corrected chi connectivity index (χ2v) is 6.96. The SMILES string of the molecule is COc1ccc(C(=O)NN2C(=O)/C(=C\c3ccccn3)SC2=S)cc1OC. The molecule has 138 valence electrons.